The van der Waals surface area contributed by atoms with E-state index in [2.05, 4.69) is 11.4 Å². The zero-order valence-electron chi connectivity index (χ0n) is 12.8. The number of pyridine rings is 1. The van der Waals surface area contributed by atoms with Crippen LogP contribution >= 0.6 is 0 Å². The van der Waals surface area contributed by atoms with Gasteiger partial charge < -0.3 is 5.32 Å². The van der Waals surface area contributed by atoms with E-state index in [-0.39, 0.29) is 11.3 Å². The second-order valence-electron chi connectivity index (χ2n) is 7.49. The van der Waals surface area contributed by atoms with Gasteiger partial charge in [0.15, 0.2) is 0 Å². The van der Waals surface area contributed by atoms with E-state index in [0.29, 0.717) is 6.54 Å². The van der Waals surface area contributed by atoms with Crippen LogP contribution in [0.5, 0.6) is 0 Å². The van der Waals surface area contributed by atoms with E-state index >= 15 is 0 Å². The second kappa shape index (κ2) is 4.82. The molecule has 0 aliphatic heterocycles. The molecule has 0 saturated heterocycles. The van der Waals surface area contributed by atoms with Crippen molar-refractivity contribution < 1.29 is 4.79 Å². The number of carbonyl (C=O) groups is 1. The fourth-order valence-electron chi connectivity index (χ4n) is 5.55. The van der Waals surface area contributed by atoms with Crippen LogP contribution in [0.25, 0.3) is 0 Å². The molecule has 1 amide bonds. The lowest BCUT2D eigenvalue weighted by molar-refractivity contribution is -0.00722. The Morgan fingerprint density at radius 2 is 1.86 bits per heavy atom. The molecular formula is C18H24N2O. The fraction of sp³-hybridized carbons (Fsp3) is 0.667. The van der Waals surface area contributed by atoms with Gasteiger partial charge in [0.05, 0.1) is 0 Å². The number of amides is 1. The number of hydrogen-bond acceptors (Lipinski definition) is 2. The van der Waals surface area contributed by atoms with E-state index in [1.165, 1.54) is 44.2 Å². The number of carbonyl (C=O) groups excluding carboxylic acids is 1. The van der Waals surface area contributed by atoms with Crippen molar-refractivity contribution in [1.29, 1.82) is 0 Å². The van der Waals surface area contributed by atoms with Crippen molar-refractivity contribution in [2.75, 3.05) is 6.54 Å². The van der Waals surface area contributed by atoms with Crippen LogP contribution in [0, 0.1) is 17.8 Å². The lowest BCUT2D eigenvalue weighted by Gasteiger charge is -2.56. The van der Waals surface area contributed by atoms with Crippen LogP contribution < -0.4 is 5.32 Å². The monoisotopic (exact) mass is 284 g/mol. The zero-order valence-corrected chi connectivity index (χ0v) is 12.8. The Kier molecular flexibility index (Phi) is 3.05. The van der Waals surface area contributed by atoms with Crippen LogP contribution in [-0.4, -0.2) is 17.4 Å². The van der Waals surface area contributed by atoms with Crippen molar-refractivity contribution in [2.45, 2.75) is 50.9 Å². The van der Waals surface area contributed by atoms with Gasteiger partial charge in [0.1, 0.15) is 0 Å². The molecule has 4 aliphatic rings. The number of hydrogen-bond donors (Lipinski definition) is 1. The van der Waals surface area contributed by atoms with Gasteiger partial charge in [-0.05, 0) is 75.3 Å². The minimum absolute atomic E-state index is 0.0332. The van der Waals surface area contributed by atoms with Crippen LogP contribution in [0.1, 0.15) is 61.5 Å². The molecule has 4 bridgehead atoms. The highest BCUT2D eigenvalue weighted by atomic mass is 16.1. The summed E-state index contributed by atoms with van der Waals surface area (Å²) in [5, 5.41) is 2.90. The molecule has 1 N–H and O–H groups in total. The summed E-state index contributed by atoms with van der Waals surface area (Å²) in [5.74, 6) is 2.76. The van der Waals surface area contributed by atoms with Crippen molar-refractivity contribution in [2.24, 2.45) is 17.8 Å². The van der Waals surface area contributed by atoms with Crippen LogP contribution in [0.3, 0.4) is 0 Å². The molecule has 5 rings (SSSR count). The van der Waals surface area contributed by atoms with Gasteiger partial charge >= 0.3 is 0 Å². The van der Waals surface area contributed by atoms with E-state index < -0.39 is 0 Å². The first kappa shape index (κ1) is 13.3. The third kappa shape index (κ3) is 2.18. The van der Waals surface area contributed by atoms with Crippen molar-refractivity contribution in [1.82, 2.24) is 10.3 Å². The lowest BCUT2D eigenvalue weighted by Crippen LogP contribution is -2.49. The molecule has 112 valence electrons. The standard InChI is InChI=1S/C18H24N2O/c1-2-19-17(21)15-3-4-20-16(8-15)18-9-12-5-13(10-18)7-14(6-12)11-18/h3-4,8,12-14H,2,5-7,9-11H2,1H3,(H,19,21). The molecule has 0 unspecified atom stereocenters. The first-order chi connectivity index (χ1) is 10.2. The summed E-state index contributed by atoms with van der Waals surface area (Å²) >= 11 is 0. The van der Waals surface area contributed by atoms with Gasteiger partial charge in [-0.15, -0.1) is 0 Å². The third-order valence-corrected chi connectivity index (χ3v) is 5.94. The molecule has 21 heavy (non-hydrogen) atoms. The predicted octanol–water partition coefficient (Wildman–Crippen LogP) is 3.30. The number of rotatable bonds is 3. The number of aromatic nitrogens is 1. The maximum atomic E-state index is 12.1. The number of nitrogens with one attached hydrogen (secondary N) is 1. The predicted molar refractivity (Wildman–Crippen MR) is 82.1 cm³/mol. The van der Waals surface area contributed by atoms with E-state index in [0.717, 1.165) is 23.3 Å². The maximum absolute atomic E-state index is 12.1. The lowest BCUT2D eigenvalue weighted by atomic mass is 9.48. The Morgan fingerprint density at radius 3 is 2.43 bits per heavy atom. The van der Waals surface area contributed by atoms with Gasteiger partial charge in [0.25, 0.3) is 5.91 Å². The largest absolute Gasteiger partial charge is 0.352 e. The minimum Gasteiger partial charge on any atom is -0.352 e. The average molecular weight is 284 g/mol. The number of nitrogens with zero attached hydrogens (tertiary/aromatic N) is 1. The Bertz CT molecular complexity index is 531. The highest BCUT2D eigenvalue weighted by Gasteiger charge is 2.52. The quantitative estimate of drug-likeness (QED) is 0.925. The third-order valence-electron chi connectivity index (χ3n) is 5.94. The van der Waals surface area contributed by atoms with Crippen molar-refractivity contribution >= 4 is 5.91 Å². The Balaban J connectivity index is 1.67. The van der Waals surface area contributed by atoms with E-state index in [1.807, 2.05) is 19.2 Å². The molecule has 1 aromatic heterocycles. The first-order valence-electron chi connectivity index (χ1n) is 8.43. The summed E-state index contributed by atoms with van der Waals surface area (Å²) < 4.78 is 0. The van der Waals surface area contributed by atoms with Crippen LogP contribution in [0.15, 0.2) is 18.3 Å². The van der Waals surface area contributed by atoms with E-state index in [4.69, 9.17) is 4.98 Å². The Hall–Kier alpha value is -1.38. The summed E-state index contributed by atoms with van der Waals surface area (Å²) in [5.41, 5.74) is 2.24. The van der Waals surface area contributed by atoms with E-state index in [9.17, 15) is 4.79 Å². The normalized spacial score (nSPS) is 36.7. The fourth-order valence-corrected chi connectivity index (χ4v) is 5.55. The van der Waals surface area contributed by atoms with Gasteiger partial charge in [0, 0.05) is 29.4 Å². The highest BCUT2D eigenvalue weighted by Crippen LogP contribution is 2.60. The van der Waals surface area contributed by atoms with E-state index in [1.54, 1.807) is 0 Å². The average Bonchev–Trinajstić information content (AvgIpc) is 2.46. The summed E-state index contributed by atoms with van der Waals surface area (Å²) in [6.07, 6.45) is 10.0. The smallest absolute Gasteiger partial charge is 0.251 e. The van der Waals surface area contributed by atoms with Crippen LogP contribution in [0.2, 0.25) is 0 Å². The van der Waals surface area contributed by atoms with Gasteiger partial charge in [-0.25, -0.2) is 0 Å². The molecule has 0 spiro atoms. The minimum atomic E-state index is 0.0332. The molecule has 3 nitrogen and oxygen atoms in total. The van der Waals surface area contributed by atoms with Crippen LogP contribution in [0.4, 0.5) is 0 Å². The van der Waals surface area contributed by atoms with Gasteiger partial charge in [0.2, 0.25) is 0 Å². The first-order valence-corrected chi connectivity index (χ1v) is 8.43. The zero-order chi connectivity index (χ0) is 14.4. The molecule has 3 heteroatoms. The van der Waals surface area contributed by atoms with Gasteiger partial charge in [-0.1, -0.05) is 0 Å². The molecule has 1 aromatic rings. The van der Waals surface area contributed by atoms with Crippen molar-refractivity contribution in [3.05, 3.63) is 29.6 Å². The van der Waals surface area contributed by atoms with Crippen molar-refractivity contribution in [3.63, 3.8) is 0 Å². The molecule has 0 atom stereocenters. The van der Waals surface area contributed by atoms with Crippen LogP contribution in [-0.2, 0) is 5.41 Å². The van der Waals surface area contributed by atoms with Gasteiger partial charge in [-0.3, -0.25) is 9.78 Å². The topological polar surface area (TPSA) is 42.0 Å². The maximum Gasteiger partial charge on any atom is 0.251 e. The molecule has 4 aliphatic carbocycles. The van der Waals surface area contributed by atoms with Gasteiger partial charge in [-0.2, -0.15) is 0 Å². The molecule has 4 fully saturated rings. The highest BCUT2D eigenvalue weighted by molar-refractivity contribution is 5.94. The second-order valence-corrected chi connectivity index (χ2v) is 7.49. The summed E-state index contributed by atoms with van der Waals surface area (Å²) in [4.78, 5) is 16.8. The Labute approximate surface area is 126 Å². The molecule has 1 heterocycles. The summed E-state index contributed by atoms with van der Waals surface area (Å²) in [7, 11) is 0. The molecule has 4 saturated carbocycles. The molecule has 0 aromatic carbocycles. The van der Waals surface area contributed by atoms with Crippen molar-refractivity contribution in [3.8, 4) is 0 Å². The summed E-state index contributed by atoms with van der Waals surface area (Å²) in [6, 6.07) is 3.91. The SMILES string of the molecule is CCNC(=O)c1ccnc(C23CC4CC(CC(C4)C2)C3)c1. The summed E-state index contributed by atoms with van der Waals surface area (Å²) in [6.45, 7) is 2.63. The Morgan fingerprint density at radius 1 is 1.24 bits per heavy atom. The molecule has 0 radical (unpaired) electrons. The molecular weight excluding hydrogens is 260 g/mol.